The molecule has 1 aromatic heterocycles. The van der Waals surface area contributed by atoms with Gasteiger partial charge in [-0.15, -0.1) is 0 Å². The van der Waals surface area contributed by atoms with E-state index in [4.69, 9.17) is 4.74 Å². The molecule has 3 aromatic rings. The van der Waals surface area contributed by atoms with Gasteiger partial charge in [-0.05, 0) is 24.1 Å². The molecule has 0 atom stereocenters. The van der Waals surface area contributed by atoms with E-state index in [0.29, 0.717) is 19.6 Å². The lowest BCUT2D eigenvalue weighted by molar-refractivity contribution is -0.129. The summed E-state index contributed by atoms with van der Waals surface area (Å²) in [6.07, 6.45) is 3.00. The molecule has 2 amide bonds. The fourth-order valence-electron chi connectivity index (χ4n) is 3.39. The van der Waals surface area contributed by atoms with Crippen molar-refractivity contribution in [3.63, 3.8) is 0 Å². The fourth-order valence-corrected chi connectivity index (χ4v) is 3.39. The Morgan fingerprint density at radius 1 is 1.03 bits per heavy atom. The van der Waals surface area contributed by atoms with Crippen molar-refractivity contribution in [3.05, 3.63) is 65.9 Å². The lowest BCUT2D eigenvalue weighted by Crippen LogP contribution is -2.35. The van der Waals surface area contributed by atoms with Gasteiger partial charge in [0.15, 0.2) is 0 Å². The molecule has 2 aromatic carbocycles. The summed E-state index contributed by atoms with van der Waals surface area (Å²) in [4.78, 5) is 29.3. The Hall–Kier alpha value is -3.28. The van der Waals surface area contributed by atoms with Crippen molar-refractivity contribution in [3.8, 4) is 5.75 Å². The topological polar surface area (TPSA) is 74.4 Å². The third-order valence-corrected chi connectivity index (χ3v) is 5.05. The summed E-state index contributed by atoms with van der Waals surface area (Å²) < 4.78 is 5.30. The number of methoxy groups -OCH3 is 1. The van der Waals surface area contributed by atoms with Crippen molar-refractivity contribution < 1.29 is 14.3 Å². The largest absolute Gasteiger partial charge is 0.496 e. The average Bonchev–Trinajstić information content (AvgIpc) is 3.15. The molecular formula is C23H27N3O3. The maximum Gasteiger partial charge on any atom is 0.222 e. The van der Waals surface area contributed by atoms with Gasteiger partial charge in [0.1, 0.15) is 5.75 Å². The van der Waals surface area contributed by atoms with E-state index in [9.17, 15) is 9.59 Å². The van der Waals surface area contributed by atoms with E-state index in [2.05, 4.69) is 16.4 Å². The van der Waals surface area contributed by atoms with E-state index in [0.717, 1.165) is 23.3 Å². The highest BCUT2D eigenvalue weighted by Crippen LogP contribution is 2.19. The van der Waals surface area contributed by atoms with Gasteiger partial charge in [-0.1, -0.05) is 36.4 Å². The first-order valence-electron chi connectivity index (χ1n) is 9.77. The highest BCUT2D eigenvalue weighted by molar-refractivity contribution is 5.83. The zero-order valence-electron chi connectivity index (χ0n) is 16.9. The van der Waals surface area contributed by atoms with E-state index in [1.165, 1.54) is 10.9 Å². The van der Waals surface area contributed by atoms with Crippen molar-refractivity contribution in [2.24, 2.45) is 0 Å². The first-order chi connectivity index (χ1) is 14.1. The number of carbonyl (C=O) groups is 2. The van der Waals surface area contributed by atoms with Crippen molar-refractivity contribution >= 4 is 22.7 Å². The molecule has 2 N–H and O–H groups in total. The van der Waals surface area contributed by atoms with Gasteiger partial charge in [-0.25, -0.2) is 0 Å². The molecule has 152 valence electrons. The summed E-state index contributed by atoms with van der Waals surface area (Å²) in [7, 11) is 1.61. The molecule has 1 heterocycles. The number of rotatable bonds is 9. The molecule has 6 nitrogen and oxygen atoms in total. The summed E-state index contributed by atoms with van der Waals surface area (Å²) in [5.41, 5.74) is 3.19. The number of aromatic amines is 1. The number of amides is 2. The van der Waals surface area contributed by atoms with E-state index >= 15 is 0 Å². The standard InChI is InChI=1S/C23H27N3O3/c1-17(27)26(13-11-18-15-24-21-9-5-4-8-20(18)21)14-12-23(28)25-16-19-7-3-6-10-22(19)29-2/h3-10,15,24H,11-14,16H2,1-2H3,(H,25,28). The molecular weight excluding hydrogens is 366 g/mol. The van der Waals surface area contributed by atoms with Crippen LogP contribution in [-0.2, 0) is 22.6 Å². The number of nitrogens with zero attached hydrogens (tertiary/aromatic N) is 1. The van der Waals surface area contributed by atoms with Gasteiger partial charge in [0, 0.05) is 55.6 Å². The molecule has 0 radical (unpaired) electrons. The van der Waals surface area contributed by atoms with Crippen LogP contribution in [0.5, 0.6) is 5.75 Å². The molecule has 3 rings (SSSR count). The smallest absolute Gasteiger partial charge is 0.222 e. The number of aromatic nitrogens is 1. The Morgan fingerprint density at radius 2 is 1.79 bits per heavy atom. The summed E-state index contributed by atoms with van der Waals surface area (Å²) in [5, 5.41) is 4.07. The SMILES string of the molecule is COc1ccccc1CNC(=O)CCN(CCc1c[nH]c2ccccc12)C(C)=O. The lowest BCUT2D eigenvalue weighted by atomic mass is 10.1. The van der Waals surface area contributed by atoms with Crippen molar-refractivity contribution in [1.29, 1.82) is 0 Å². The summed E-state index contributed by atoms with van der Waals surface area (Å²) in [6, 6.07) is 15.7. The molecule has 0 spiro atoms. The minimum atomic E-state index is -0.0887. The normalized spacial score (nSPS) is 10.7. The van der Waals surface area contributed by atoms with Crippen LogP contribution in [-0.4, -0.2) is 41.9 Å². The molecule has 0 unspecified atom stereocenters. The Balaban J connectivity index is 1.50. The highest BCUT2D eigenvalue weighted by atomic mass is 16.5. The van der Waals surface area contributed by atoms with Crippen molar-refractivity contribution in [2.75, 3.05) is 20.2 Å². The van der Waals surface area contributed by atoms with E-state index in [1.807, 2.05) is 48.7 Å². The minimum absolute atomic E-state index is 0.0256. The molecule has 0 aliphatic rings. The van der Waals surface area contributed by atoms with Crippen LogP contribution in [0.15, 0.2) is 54.7 Å². The van der Waals surface area contributed by atoms with Crippen LogP contribution in [0.2, 0.25) is 0 Å². The van der Waals surface area contributed by atoms with Crippen LogP contribution < -0.4 is 10.1 Å². The molecule has 0 fully saturated rings. The lowest BCUT2D eigenvalue weighted by Gasteiger charge is -2.20. The Morgan fingerprint density at radius 3 is 2.59 bits per heavy atom. The first-order valence-corrected chi connectivity index (χ1v) is 9.77. The van der Waals surface area contributed by atoms with Gasteiger partial charge in [-0.2, -0.15) is 0 Å². The van der Waals surface area contributed by atoms with E-state index in [1.54, 1.807) is 18.9 Å². The molecule has 0 bridgehead atoms. The number of hydrogen-bond donors (Lipinski definition) is 2. The zero-order chi connectivity index (χ0) is 20.6. The summed E-state index contributed by atoms with van der Waals surface area (Å²) in [5.74, 6) is 0.633. The number of nitrogens with one attached hydrogen (secondary N) is 2. The van der Waals surface area contributed by atoms with Crippen LogP contribution in [0.1, 0.15) is 24.5 Å². The number of fused-ring (bicyclic) bond motifs is 1. The Labute approximate surface area is 170 Å². The number of hydrogen-bond acceptors (Lipinski definition) is 3. The maximum atomic E-state index is 12.3. The molecule has 29 heavy (non-hydrogen) atoms. The fraction of sp³-hybridized carbons (Fsp3) is 0.304. The summed E-state index contributed by atoms with van der Waals surface area (Å²) >= 11 is 0. The highest BCUT2D eigenvalue weighted by Gasteiger charge is 2.13. The third kappa shape index (κ3) is 5.38. The number of para-hydroxylation sites is 2. The second-order valence-corrected chi connectivity index (χ2v) is 6.95. The van der Waals surface area contributed by atoms with Gasteiger partial charge in [0.05, 0.1) is 7.11 Å². The van der Waals surface area contributed by atoms with Gasteiger partial charge in [0.25, 0.3) is 0 Å². The van der Waals surface area contributed by atoms with E-state index < -0.39 is 0 Å². The number of H-pyrrole nitrogens is 1. The summed E-state index contributed by atoms with van der Waals surface area (Å²) in [6.45, 7) is 2.92. The van der Waals surface area contributed by atoms with Crippen LogP contribution in [0.25, 0.3) is 10.9 Å². The van der Waals surface area contributed by atoms with Gasteiger partial charge in [0.2, 0.25) is 11.8 Å². The minimum Gasteiger partial charge on any atom is -0.496 e. The molecule has 0 aliphatic carbocycles. The average molecular weight is 393 g/mol. The molecule has 0 saturated carbocycles. The second kappa shape index (κ2) is 9.78. The monoisotopic (exact) mass is 393 g/mol. The zero-order valence-corrected chi connectivity index (χ0v) is 16.9. The van der Waals surface area contributed by atoms with Crippen LogP contribution in [0.4, 0.5) is 0 Å². The van der Waals surface area contributed by atoms with Gasteiger partial charge in [-0.3, -0.25) is 9.59 Å². The predicted molar refractivity (Wildman–Crippen MR) is 114 cm³/mol. The Kier molecular flexibility index (Phi) is 6.89. The molecule has 6 heteroatoms. The maximum absolute atomic E-state index is 12.3. The van der Waals surface area contributed by atoms with Gasteiger partial charge < -0.3 is 19.9 Å². The Bertz CT molecular complexity index is 980. The molecule has 0 aliphatic heterocycles. The van der Waals surface area contributed by atoms with Gasteiger partial charge >= 0.3 is 0 Å². The van der Waals surface area contributed by atoms with Crippen LogP contribution in [0.3, 0.4) is 0 Å². The third-order valence-electron chi connectivity index (χ3n) is 5.05. The van der Waals surface area contributed by atoms with Crippen molar-refractivity contribution in [1.82, 2.24) is 15.2 Å². The first kappa shape index (κ1) is 20.5. The van der Waals surface area contributed by atoms with Crippen molar-refractivity contribution in [2.45, 2.75) is 26.3 Å². The quantitative estimate of drug-likeness (QED) is 0.586. The number of benzene rings is 2. The number of carbonyl (C=O) groups excluding carboxylic acids is 2. The predicted octanol–water partition coefficient (Wildman–Crippen LogP) is 3.27. The van der Waals surface area contributed by atoms with Crippen LogP contribution in [0, 0.1) is 0 Å². The van der Waals surface area contributed by atoms with Crippen LogP contribution >= 0.6 is 0 Å². The molecule has 0 saturated heterocycles. The van der Waals surface area contributed by atoms with E-state index in [-0.39, 0.29) is 18.2 Å². The number of ether oxygens (including phenoxy) is 1. The second-order valence-electron chi connectivity index (χ2n) is 6.95.